The summed E-state index contributed by atoms with van der Waals surface area (Å²) >= 11 is 0. The molecule has 35 heavy (non-hydrogen) atoms. The van der Waals surface area contributed by atoms with Gasteiger partial charge >= 0.3 is 6.03 Å². The summed E-state index contributed by atoms with van der Waals surface area (Å²) in [7, 11) is 3.71. The molecule has 8 heteroatoms. The van der Waals surface area contributed by atoms with Crippen molar-refractivity contribution < 1.29 is 4.79 Å². The highest BCUT2D eigenvalue weighted by atomic mass is 16.2. The fourth-order valence-corrected chi connectivity index (χ4v) is 6.11. The van der Waals surface area contributed by atoms with Crippen LogP contribution in [0.1, 0.15) is 56.3 Å². The molecule has 5 rings (SSSR count). The lowest BCUT2D eigenvalue weighted by Crippen LogP contribution is -2.57. The molecule has 1 aromatic heterocycles. The normalized spacial score (nSPS) is 27.9. The van der Waals surface area contributed by atoms with Gasteiger partial charge in [0.1, 0.15) is 0 Å². The lowest BCUT2D eigenvalue weighted by atomic mass is 9.66. The van der Waals surface area contributed by atoms with Gasteiger partial charge in [0, 0.05) is 19.1 Å². The molecule has 1 N–H and O–H groups in total. The van der Waals surface area contributed by atoms with Crippen LogP contribution in [0, 0.1) is 16.7 Å². The maximum Gasteiger partial charge on any atom is 0.325 e. The molecule has 1 spiro atoms. The van der Waals surface area contributed by atoms with E-state index in [1.54, 1.807) is 25.7 Å². The van der Waals surface area contributed by atoms with Crippen LogP contribution in [0.3, 0.4) is 0 Å². The van der Waals surface area contributed by atoms with E-state index in [4.69, 9.17) is 0 Å². The number of benzene rings is 1. The van der Waals surface area contributed by atoms with Gasteiger partial charge in [-0.3, -0.25) is 9.89 Å². The predicted octanol–water partition coefficient (Wildman–Crippen LogP) is 3.89. The summed E-state index contributed by atoms with van der Waals surface area (Å²) in [5.41, 5.74) is 1.14. The molecule has 2 aromatic rings. The van der Waals surface area contributed by atoms with Crippen molar-refractivity contribution in [1.29, 1.82) is 5.26 Å². The predicted molar refractivity (Wildman–Crippen MR) is 135 cm³/mol. The maximum atomic E-state index is 13.9. The molecule has 0 radical (unpaired) electrons. The van der Waals surface area contributed by atoms with Crippen LogP contribution < -0.4 is 10.2 Å². The van der Waals surface area contributed by atoms with Crippen molar-refractivity contribution in [2.24, 2.45) is 10.4 Å². The minimum absolute atomic E-state index is 0.0382. The van der Waals surface area contributed by atoms with Crippen molar-refractivity contribution in [1.82, 2.24) is 20.2 Å². The number of nitrogens with zero attached hydrogens (tertiary/aromatic N) is 6. The molecular formula is C27H33N7O. The van der Waals surface area contributed by atoms with E-state index in [9.17, 15) is 10.1 Å². The molecule has 2 saturated carbocycles. The fourth-order valence-electron chi connectivity index (χ4n) is 6.11. The van der Waals surface area contributed by atoms with Gasteiger partial charge in [-0.2, -0.15) is 5.26 Å². The van der Waals surface area contributed by atoms with Crippen molar-refractivity contribution in [2.45, 2.75) is 56.0 Å². The summed E-state index contributed by atoms with van der Waals surface area (Å²) in [5, 5.41) is 13.6. The van der Waals surface area contributed by atoms with E-state index < -0.39 is 5.41 Å². The molecule has 3 aliphatic rings. The van der Waals surface area contributed by atoms with Crippen LogP contribution >= 0.6 is 0 Å². The second-order valence-electron chi connectivity index (χ2n) is 10.3. The van der Waals surface area contributed by atoms with Gasteiger partial charge in [-0.25, -0.2) is 14.8 Å². The zero-order valence-electron chi connectivity index (χ0n) is 20.6. The molecule has 2 aliphatic carbocycles. The first-order valence-corrected chi connectivity index (χ1v) is 12.5. The fraction of sp³-hybridized carbons (Fsp3) is 0.519. The third-order valence-electron chi connectivity index (χ3n) is 8.55. The Labute approximate surface area is 207 Å². The van der Waals surface area contributed by atoms with Gasteiger partial charge in [0.2, 0.25) is 0 Å². The van der Waals surface area contributed by atoms with Crippen LogP contribution in [0.15, 0.2) is 47.7 Å². The number of amides is 2. The van der Waals surface area contributed by atoms with Crippen LogP contribution in [0.4, 0.5) is 10.5 Å². The Morgan fingerprint density at radius 2 is 1.80 bits per heavy atom. The summed E-state index contributed by atoms with van der Waals surface area (Å²) in [5.74, 6) is 0.520. The maximum absolute atomic E-state index is 13.9. The number of hydrogen-bond acceptors (Lipinski definition) is 6. The highest BCUT2D eigenvalue weighted by molar-refractivity contribution is 5.95. The Kier molecular flexibility index (Phi) is 6.06. The molecule has 0 atom stereocenters. The van der Waals surface area contributed by atoms with Crippen LogP contribution in [0.25, 0.3) is 0 Å². The summed E-state index contributed by atoms with van der Waals surface area (Å²) in [6.07, 6.45) is 11.4. The van der Waals surface area contributed by atoms with E-state index in [-0.39, 0.29) is 17.1 Å². The Morgan fingerprint density at radius 1 is 1.11 bits per heavy atom. The average Bonchev–Trinajstić information content (AvgIpc) is 3.14. The highest BCUT2D eigenvalue weighted by Gasteiger charge is 2.56. The standard InChI is InChI=1S/C27H33N7O/c1-29-17-23-31-15-22(16-32-23)33-20-26(34(24(33)35)19-25(18-28)9-6-10-25)11-13-27(30-2,14-12-26)21-7-4-3-5-8-21/h3-5,7-8,15-17,30H,6,9-14,19-20H2,1-2H3/b29-17-/t26-,27+. The molecule has 0 unspecified atom stereocenters. The van der Waals surface area contributed by atoms with Crippen molar-refractivity contribution in [3.8, 4) is 6.07 Å². The molecule has 1 saturated heterocycles. The molecule has 1 aliphatic heterocycles. The van der Waals surface area contributed by atoms with Crippen molar-refractivity contribution in [2.75, 3.05) is 32.1 Å². The van der Waals surface area contributed by atoms with Crippen molar-refractivity contribution in [3.05, 3.63) is 54.1 Å². The molecule has 1 aromatic carbocycles. The number of anilines is 1. The first kappa shape index (κ1) is 23.4. The number of carbonyl (C=O) groups is 1. The number of carbonyl (C=O) groups excluding carboxylic acids is 1. The minimum Gasteiger partial charge on any atom is -0.315 e. The summed E-state index contributed by atoms with van der Waals surface area (Å²) < 4.78 is 0. The number of aromatic nitrogens is 2. The smallest absolute Gasteiger partial charge is 0.315 e. The van der Waals surface area contributed by atoms with Gasteiger partial charge in [0.05, 0.1) is 47.9 Å². The van der Waals surface area contributed by atoms with E-state index in [0.29, 0.717) is 24.6 Å². The van der Waals surface area contributed by atoms with E-state index >= 15 is 0 Å². The van der Waals surface area contributed by atoms with Crippen LogP contribution in [-0.2, 0) is 5.54 Å². The molecule has 2 heterocycles. The number of urea groups is 1. The highest BCUT2D eigenvalue weighted by Crippen LogP contribution is 2.50. The van der Waals surface area contributed by atoms with Gasteiger partial charge in [-0.1, -0.05) is 36.8 Å². The number of nitriles is 1. The lowest BCUT2D eigenvalue weighted by molar-refractivity contribution is 0.0411. The third kappa shape index (κ3) is 3.98. The van der Waals surface area contributed by atoms with Gasteiger partial charge < -0.3 is 10.2 Å². The summed E-state index contributed by atoms with van der Waals surface area (Å²) in [6.45, 7) is 1.09. The summed E-state index contributed by atoms with van der Waals surface area (Å²) in [6, 6.07) is 13.1. The van der Waals surface area contributed by atoms with E-state index in [2.05, 4.69) is 50.6 Å². The Morgan fingerprint density at radius 3 is 2.34 bits per heavy atom. The van der Waals surface area contributed by atoms with Gasteiger partial charge in [-0.05, 0) is 51.1 Å². The van der Waals surface area contributed by atoms with Gasteiger partial charge in [0.25, 0.3) is 0 Å². The molecule has 8 nitrogen and oxygen atoms in total. The minimum atomic E-state index is -0.423. The van der Waals surface area contributed by atoms with Crippen LogP contribution in [0.2, 0.25) is 0 Å². The molecule has 182 valence electrons. The van der Waals surface area contributed by atoms with Crippen LogP contribution in [0.5, 0.6) is 0 Å². The molecule has 2 amide bonds. The first-order valence-electron chi connectivity index (χ1n) is 12.5. The first-order chi connectivity index (χ1) is 17.0. The van der Waals surface area contributed by atoms with E-state index in [1.165, 1.54) is 5.56 Å². The zero-order chi connectivity index (χ0) is 24.5. The monoisotopic (exact) mass is 471 g/mol. The Hall–Kier alpha value is -3.31. The SMILES string of the molecule is C/N=C\c1ncc(N2C[C@]3(CC[C@@](NC)(c4ccccc4)CC3)N(CC3(C#N)CCC3)C2=O)cn1. The number of hydrogen-bond donors (Lipinski definition) is 1. The molecule has 0 bridgehead atoms. The number of aliphatic imine (C=N–C) groups is 1. The summed E-state index contributed by atoms with van der Waals surface area (Å²) in [4.78, 5) is 30.4. The van der Waals surface area contributed by atoms with E-state index in [1.807, 2.05) is 22.9 Å². The van der Waals surface area contributed by atoms with Gasteiger partial charge in [-0.15, -0.1) is 0 Å². The third-order valence-corrected chi connectivity index (χ3v) is 8.55. The average molecular weight is 472 g/mol. The van der Waals surface area contributed by atoms with E-state index in [0.717, 1.165) is 44.9 Å². The largest absolute Gasteiger partial charge is 0.325 e. The van der Waals surface area contributed by atoms with Gasteiger partial charge in [0.15, 0.2) is 5.82 Å². The molecule has 3 fully saturated rings. The second-order valence-corrected chi connectivity index (χ2v) is 10.3. The van der Waals surface area contributed by atoms with Crippen molar-refractivity contribution in [3.63, 3.8) is 0 Å². The quantitative estimate of drug-likeness (QED) is 0.645. The topological polar surface area (TPSA) is 97.5 Å². The van der Waals surface area contributed by atoms with Crippen molar-refractivity contribution >= 4 is 17.9 Å². The van der Waals surface area contributed by atoms with Crippen LogP contribution in [-0.4, -0.2) is 59.8 Å². The zero-order valence-corrected chi connectivity index (χ0v) is 20.6. The lowest BCUT2D eigenvalue weighted by Gasteiger charge is -2.50. The Balaban J connectivity index is 1.45. The Bertz CT molecular complexity index is 1130. The molecular weight excluding hydrogens is 438 g/mol. The second kappa shape index (κ2) is 9.04. The number of rotatable bonds is 6. The number of nitrogens with one attached hydrogen (secondary N) is 1.